The minimum absolute atomic E-state index is 0.000463. The maximum Gasteiger partial charge on any atom is 0.444 e. The molecule has 0 radical (unpaired) electrons. The molecule has 0 saturated carbocycles. The lowest BCUT2D eigenvalue weighted by atomic mass is 10.1. The summed E-state index contributed by atoms with van der Waals surface area (Å²) < 4.78 is 1.51. The van der Waals surface area contributed by atoms with Crippen molar-refractivity contribution in [3.63, 3.8) is 0 Å². The summed E-state index contributed by atoms with van der Waals surface area (Å²) >= 11 is 0. The van der Waals surface area contributed by atoms with E-state index in [9.17, 15) is 4.79 Å². The van der Waals surface area contributed by atoms with Gasteiger partial charge < -0.3 is 0 Å². The molecule has 1 atom stereocenters. The molecular formula is C16H17N4O+. The zero-order valence-electron chi connectivity index (χ0n) is 12.1. The van der Waals surface area contributed by atoms with Gasteiger partial charge in [-0.2, -0.15) is 0 Å². The number of carbonyl (C=O) groups is 1. The third kappa shape index (κ3) is 1.94. The minimum Gasteiger partial charge on any atom is -0.245 e. The van der Waals surface area contributed by atoms with E-state index in [1.54, 1.807) is 18.7 Å². The molecule has 1 aromatic heterocycles. The predicted molar refractivity (Wildman–Crippen MR) is 82.7 cm³/mol. The van der Waals surface area contributed by atoms with E-state index in [-0.39, 0.29) is 10.5 Å². The van der Waals surface area contributed by atoms with Gasteiger partial charge in [-0.3, -0.25) is 0 Å². The summed E-state index contributed by atoms with van der Waals surface area (Å²) in [6, 6.07) is 9.62. The smallest absolute Gasteiger partial charge is 0.245 e. The number of quaternary nitrogens is 1. The Morgan fingerprint density at radius 2 is 2.05 bits per heavy atom. The number of nitrogens with zero attached hydrogens (tertiary/aromatic N) is 4. The van der Waals surface area contributed by atoms with Crippen molar-refractivity contribution < 1.29 is 4.79 Å². The van der Waals surface area contributed by atoms with Crippen LogP contribution in [0.1, 0.15) is 20.3 Å². The quantitative estimate of drug-likeness (QED) is 0.790. The highest BCUT2D eigenvalue weighted by Gasteiger charge is 2.47. The highest BCUT2D eigenvalue weighted by Crippen LogP contribution is 2.36. The lowest BCUT2D eigenvalue weighted by Crippen LogP contribution is -2.52. The first-order valence-electron chi connectivity index (χ1n) is 6.93. The van der Waals surface area contributed by atoms with Crippen molar-refractivity contribution in [1.82, 2.24) is 14.0 Å². The lowest BCUT2D eigenvalue weighted by molar-refractivity contribution is 0.229. The molecule has 0 aliphatic carbocycles. The van der Waals surface area contributed by atoms with E-state index in [1.807, 2.05) is 44.2 Å². The summed E-state index contributed by atoms with van der Waals surface area (Å²) in [5.41, 5.74) is 2.77. The Hall–Kier alpha value is -2.53. The highest BCUT2D eigenvalue weighted by molar-refractivity contribution is 6.06. The Morgan fingerprint density at radius 3 is 2.67 bits per heavy atom. The van der Waals surface area contributed by atoms with E-state index in [4.69, 9.17) is 0 Å². The van der Waals surface area contributed by atoms with Crippen LogP contribution in [0.15, 0.2) is 65.4 Å². The topological polar surface area (TPSA) is 47.2 Å². The Balaban J connectivity index is 2.23. The Morgan fingerprint density at radius 1 is 1.29 bits per heavy atom. The second-order valence-corrected chi connectivity index (χ2v) is 4.94. The Kier molecular flexibility index (Phi) is 3.27. The molecule has 5 heteroatoms. The zero-order valence-corrected chi connectivity index (χ0v) is 12.1. The SMILES string of the molecule is CCC1=C(C)N=C[N+]1(C(=O)n1ccnc1)c1ccccc1. The number of allylic oxidation sites excluding steroid dienone is 2. The van der Waals surface area contributed by atoms with Gasteiger partial charge in [0.25, 0.3) is 0 Å². The van der Waals surface area contributed by atoms with Crippen LogP contribution in [-0.2, 0) is 0 Å². The van der Waals surface area contributed by atoms with Gasteiger partial charge in [0.1, 0.15) is 12.0 Å². The van der Waals surface area contributed by atoms with E-state index >= 15 is 0 Å². The highest BCUT2D eigenvalue weighted by atomic mass is 16.2. The van der Waals surface area contributed by atoms with Gasteiger partial charge in [0, 0.05) is 30.9 Å². The van der Waals surface area contributed by atoms with Gasteiger partial charge in [0.05, 0.1) is 0 Å². The van der Waals surface area contributed by atoms with Crippen molar-refractivity contribution >= 4 is 18.1 Å². The number of hydrogen-bond donors (Lipinski definition) is 0. The monoisotopic (exact) mass is 281 g/mol. The first kappa shape index (κ1) is 13.5. The van der Waals surface area contributed by atoms with Crippen LogP contribution in [0.3, 0.4) is 0 Å². The van der Waals surface area contributed by atoms with E-state index in [0.29, 0.717) is 0 Å². The molecule has 0 bridgehead atoms. The number of para-hydroxylation sites is 1. The number of aromatic nitrogens is 2. The van der Waals surface area contributed by atoms with Gasteiger partial charge in [0.15, 0.2) is 11.4 Å². The molecule has 0 N–H and O–H groups in total. The molecule has 2 aromatic rings. The first-order chi connectivity index (χ1) is 10.2. The summed E-state index contributed by atoms with van der Waals surface area (Å²) in [6.07, 6.45) is 7.27. The summed E-state index contributed by atoms with van der Waals surface area (Å²) in [6.45, 7) is 3.99. The molecule has 21 heavy (non-hydrogen) atoms. The van der Waals surface area contributed by atoms with E-state index < -0.39 is 0 Å². The summed E-state index contributed by atoms with van der Waals surface area (Å²) in [5, 5.41) is 0. The number of benzene rings is 1. The van der Waals surface area contributed by atoms with E-state index in [0.717, 1.165) is 23.5 Å². The van der Waals surface area contributed by atoms with Crippen molar-refractivity contribution in [2.24, 2.45) is 4.99 Å². The molecule has 1 aliphatic rings. The number of hydrogen-bond acceptors (Lipinski definition) is 3. The molecule has 1 aliphatic heterocycles. The number of rotatable bonds is 2. The molecule has 0 fully saturated rings. The van der Waals surface area contributed by atoms with Gasteiger partial charge in [-0.1, -0.05) is 25.1 Å². The molecule has 0 spiro atoms. The van der Waals surface area contributed by atoms with Crippen LogP contribution in [0, 0.1) is 0 Å². The van der Waals surface area contributed by atoms with Crippen molar-refractivity contribution in [2.75, 3.05) is 0 Å². The van der Waals surface area contributed by atoms with E-state index in [2.05, 4.69) is 9.98 Å². The Bertz CT molecular complexity index is 716. The fourth-order valence-corrected chi connectivity index (χ4v) is 2.79. The Labute approximate surface area is 123 Å². The van der Waals surface area contributed by atoms with Crippen molar-refractivity contribution in [3.05, 3.63) is 60.4 Å². The van der Waals surface area contributed by atoms with Gasteiger partial charge in [-0.15, -0.1) is 4.48 Å². The standard InChI is InChI=1S/C16H17N4O/c1-3-15-13(2)18-12-20(15,14-7-5-4-6-8-14)16(21)19-10-9-17-11-19/h4-12H,3H2,1-2H3/q+1. The normalized spacial score (nSPS) is 21.0. The molecule has 3 rings (SSSR count). The third-order valence-corrected chi connectivity index (χ3v) is 3.79. The van der Waals surface area contributed by atoms with Crippen LogP contribution in [0.25, 0.3) is 0 Å². The molecule has 1 aromatic carbocycles. The van der Waals surface area contributed by atoms with Gasteiger partial charge >= 0.3 is 6.03 Å². The van der Waals surface area contributed by atoms with E-state index in [1.165, 1.54) is 10.9 Å². The summed E-state index contributed by atoms with van der Waals surface area (Å²) in [7, 11) is 0. The second-order valence-electron chi connectivity index (χ2n) is 4.94. The van der Waals surface area contributed by atoms with Crippen LogP contribution < -0.4 is 4.48 Å². The van der Waals surface area contributed by atoms with Crippen molar-refractivity contribution in [2.45, 2.75) is 20.3 Å². The maximum atomic E-state index is 13.1. The average Bonchev–Trinajstić information content (AvgIpc) is 3.15. The second kappa shape index (κ2) is 5.10. The van der Waals surface area contributed by atoms with Crippen LogP contribution in [0.2, 0.25) is 0 Å². The average molecular weight is 281 g/mol. The summed E-state index contributed by atoms with van der Waals surface area (Å²) in [4.78, 5) is 21.5. The largest absolute Gasteiger partial charge is 0.444 e. The molecule has 5 nitrogen and oxygen atoms in total. The first-order valence-corrected chi connectivity index (χ1v) is 6.93. The number of amides is 1. The fraction of sp³-hybridized carbons (Fsp3) is 0.188. The molecule has 2 heterocycles. The maximum absolute atomic E-state index is 13.1. The fourth-order valence-electron chi connectivity index (χ4n) is 2.79. The predicted octanol–water partition coefficient (Wildman–Crippen LogP) is 3.54. The third-order valence-electron chi connectivity index (χ3n) is 3.79. The van der Waals surface area contributed by atoms with Crippen LogP contribution in [0.4, 0.5) is 10.5 Å². The number of aliphatic imine (C=N–C) groups is 1. The van der Waals surface area contributed by atoms with Gasteiger partial charge in [0.2, 0.25) is 6.34 Å². The van der Waals surface area contributed by atoms with Crippen molar-refractivity contribution in [1.29, 1.82) is 0 Å². The van der Waals surface area contributed by atoms with Crippen LogP contribution in [-0.4, -0.2) is 21.9 Å². The van der Waals surface area contributed by atoms with Gasteiger partial charge in [-0.25, -0.2) is 19.3 Å². The number of carbonyl (C=O) groups excluding carboxylic acids is 1. The molecule has 1 amide bonds. The van der Waals surface area contributed by atoms with Crippen molar-refractivity contribution in [3.8, 4) is 0 Å². The zero-order chi connectivity index (χ0) is 14.9. The minimum atomic E-state index is -0.101. The molecule has 1 unspecified atom stereocenters. The van der Waals surface area contributed by atoms with Crippen LogP contribution >= 0.6 is 0 Å². The van der Waals surface area contributed by atoms with Crippen LogP contribution in [0.5, 0.6) is 0 Å². The molecular weight excluding hydrogens is 264 g/mol. The van der Waals surface area contributed by atoms with Gasteiger partial charge in [-0.05, 0) is 6.92 Å². The summed E-state index contributed by atoms with van der Waals surface area (Å²) in [5.74, 6) is 0. The number of imidazole rings is 1. The lowest BCUT2D eigenvalue weighted by Gasteiger charge is -2.28. The molecule has 106 valence electrons. The molecule has 0 saturated heterocycles.